The molecule has 0 amide bonds. The van der Waals surface area contributed by atoms with Crippen molar-refractivity contribution in [3.63, 3.8) is 0 Å². The van der Waals surface area contributed by atoms with Crippen molar-refractivity contribution in [3.05, 3.63) is 0 Å². The summed E-state index contributed by atoms with van der Waals surface area (Å²) in [5.41, 5.74) is -1.39. The number of nitrogens with zero attached hydrogens (tertiary/aromatic N) is 2. The molecule has 2 aliphatic rings. The number of alkyl halides is 1. The van der Waals surface area contributed by atoms with Crippen LogP contribution < -0.4 is 0 Å². The molecule has 3 atom stereocenters. The second kappa shape index (κ2) is 6.11. The van der Waals surface area contributed by atoms with Crippen molar-refractivity contribution >= 4 is 6.21 Å². The van der Waals surface area contributed by atoms with E-state index in [1.165, 1.54) is 12.8 Å². The normalized spacial score (nSPS) is 39.3. The minimum atomic E-state index is -1.39. The fourth-order valence-corrected chi connectivity index (χ4v) is 3.49. The van der Waals surface area contributed by atoms with Crippen LogP contribution in [-0.2, 0) is 0 Å². The van der Waals surface area contributed by atoms with Crippen molar-refractivity contribution in [3.8, 4) is 0 Å². The van der Waals surface area contributed by atoms with Crippen molar-refractivity contribution in [2.75, 3.05) is 26.7 Å². The Morgan fingerprint density at radius 3 is 2.89 bits per heavy atom. The Morgan fingerprint density at radius 1 is 1.39 bits per heavy atom. The third-order valence-corrected chi connectivity index (χ3v) is 4.43. The van der Waals surface area contributed by atoms with Gasteiger partial charge in [0.05, 0.1) is 6.61 Å². The van der Waals surface area contributed by atoms with Gasteiger partial charge in [-0.3, -0.25) is 4.90 Å². The first-order chi connectivity index (χ1) is 8.68. The molecule has 0 bridgehead atoms. The molecular weight excluding hydrogens is 231 g/mol. The number of halogens is 1. The Bertz CT molecular complexity index is 298. The van der Waals surface area contributed by atoms with Crippen molar-refractivity contribution in [1.29, 1.82) is 0 Å². The highest BCUT2D eigenvalue weighted by Gasteiger charge is 2.39. The van der Waals surface area contributed by atoms with E-state index in [4.69, 9.17) is 0 Å². The van der Waals surface area contributed by atoms with Gasteiger partial charge in [0.2, 0.25) is 0 Å². The predicted molar refractivity (Wildman–Crippen MR) is 71.9 cm³/mol. The van der Waals surface area contributed by atoms with Crippen LogP contribution in [0, 0.1) is 5.92 Å². The Morgan fingerprint density at radius 2 is 2.17 bits per heavy atom. The molecule has 104 valence electrons. The zero-order valence-corrected chi connectivity index (χ0v) is 11.3. The number of piperidine rings is 1. The van der Waals surface area contributed by atoms with Gasteiger partial charge in [0.25, 0.3) is 0 Å². The largest absolute Gasteiger partial charge is 0.393 e. The summed E-state index contributed by atoms with van der Waals surface area (Å²) in [5, 5.41) is 9.21. The molecular formula is C14H25FN2O. The zero-order valence-electron chi connectivity index (χ0n) is 11.3. The van der Waals surface area contributed by atoms with Crippen LogP contribution in [-0.4, -0.2) is 54.7 Å². The molecule has 2 fully saturated rings. The van der Waals surface area contributed by atoms with E-state index in [1.807, 2.05) is 13.3 Å². The average Bonchev–Trinajstić information content (AvgIpc) is 2.40. The molecule has 0 aromatic heterocycles. The lowest BCUT2D eigenvalue weighted by Crippen LogP contribution is -2.54. The lowest BCUT2D eigenvalue weighted by molar-refractivity contribution is -0.0263. The first kappa shape index (κ1) is 13.9. The molecule has 0 radical (unpaired) electrons. The van der Waals surface area contributed by atoms with E-state index in [9.17, 15) is 9.50 Å². The van der Waals surface area contributed by atoms with E-state index in [1.54, 1.807) is 0 Å². The minimum absolute atomic E-state index is 0.344. The number of aliphatic hydroxyl groups excluding tert-OH is 1. The van der Waals surface area contributed by atoms with E-state index in [-0.39, 0.29) is 6.61 Å². The number of aliphatic imine (C=N–C) groups is 1. The van der Waals surface area contributed by atoms with Crippen LogP contribution in [0.4, 0.5) is 4.39 Å². The Hall–Kier alpha value is -0.480. The van der Waals surface area contributed by atoms with Gasteiger partial charge in [0.1, 0.15) is 5.67 Å². The minimum Gasteiger partial charge on any atom is -0.393 e. The third kappa shape index (κ3) is 3.09. The maximum Gasteiger partial charge on any atom is 0.146 e. The fraction of sp³-hybridized carbons (Fsp3) is 0.929. The summed E-state index contributed by atoms with van der Waals surface area (Å²) in [6, 6.07) is 0.421. The molecule has 1 saturated heterocycles. The van der Waals surface area contributed by atoms with Gasteiger partial charge in [-0.1, -0.05) is 12.8 Å². The average molecular weight is 256 g/mol. The summed E-state index contributed by atoms with van der Waals surface area (Å²) in [5.74, 6) is 0.463. The number of rotatable bonds is 3. The van der Waals surface area contributed by atoms with Gasteiger partial charge in [0, 0.05) is 31.8 Å². The van der Waals surface area contributed by atoms with E-state index >= 15 is 0 Å². The van der Waals surface area contributed by atoms with E-state index in [2.05, 4.69) is 9.89 Å². The quantitative estimate of drug-likeness (QED) is 0.784. The SMILES string of the molecule is C/N=C/C1CCCC[C@@H]1N1CCC[C@@](F)(CO)C1. The number of aliphatic hydroxyl groups is 1. The molecule has 1 aliphatic heterocycles. The van der Waals surface area contributed by atoms with Crippen molar-refractivity contribution in [2.45, 2.75) is 50.2 Å². The Balaban J connectivity index is 2.04. The summed E-state index contributed by atoms with van der Waals surface area (Å²) < 4.78 is 14.3. The van der Waals surface area contributed by atoms with Gasteiger partial charge in [-0.05, 0) is 32.2 Å². The van der Waals surface area contributed by atoms with Crippen molar-refractivity contribution in [1.82, 2.24) is 4.90 Å². The van der Waals surface area contributed by atoms with Gasteiger partial charge in [-0.2, -0.15) is 0 Å². The van der Waals surface area contributed by atoms with Crippen LogP contribution in [0.1, 0.15) is 38.5 Å². The molecule has 1 N–H and O–H groups in total. The number of hydrogen-bond donors (Lipinski definition) is 1. The number of likely N-dealkylation sites (tertiary alicyclic amines) is 1. The molecule has 3 nitrogen and oxygen atoms in total. The molecule has 0 aromatic rings. The second-order valence-corrected chi connectivity index (χ2v) is 5.81. The van der Waals surface area contributed by atoms with E-state index in [0.717, 1.165) is 25.8 Å². The maximum atomic E-state index is 14.3. The summed E-state index contributed by atoms with van der Waals surface area (Å²) in [6.07, 6.45) is 8.17. The lowest BCUT2D eigenvalue weighted by Gasteiger charge is -2.44. The molecule has 1 aliphatic carbocycles. The first-order valence-electron chi connectivity index (χ1n) is 7.15. The number of hydrogen-bond acceptors (Lipinski definition) is 3. The molecule has 2 rings (SSSR count). The topological polar surface area (TPSA) is 35.8 Å². The standard InChI is InChI=1S/C14H25FN2O/c1-16-9-12-5-2-3-6-13(12)17-8-4-7-14(15,10-17)11-18/h9,12-13,18H,2-8,10-11H2,1H3/b16-9+/t12?,13-,14-/m0/s1. The maximum absolute atomic E-state index is 14.3. The van der Waals surface area contributed by atoms with Crippen LogP contribution in [0.5, 0.6) is 0 Å². The Labute approximate surface area is 109 Å². The first-order valence-corrected chi connectivity index (χ1v) is 7.15. The molecule has 1 unspecified atom stereocenters. The van der Waals surface area contributed by atoms with Gasteiger partial charge < -0.3 is 10.1 Å². The third-order valence-electron chi connectivity index (χ3n) is 4.43. The molecule has 18 heavy (non-hydrogen) atoms. The van der Waals surface area contributed by atoms with Crippen molar-refractivity contribution < 1.29 is 9.50 Å². The van der Waals surface area contributed by atoms with Gasteiger partial charge in [-0.15, -0.1) is 0 Å². The highest BCUT2D eigenvalue weighted by molar-refractivity contribution is 5.61. The summed E-state index contributed by atoms with van der Waals surface area (Å²) >= 11 is 0. The van der Waals surface area contributed by atoms with Crippen LogP contribution in [0.25, 0.3) is 0 Å². The summed E-state index contributed by atoms with van der Waals surface area (Å²) in [6.45, 7) is 1.01. The van der Waals surface area contributed by atoms with Gasteiger partial charge in [-0.25, -0.2) is 4.39 Å². The van der Waals surface area contributed by atoms with Crippen LogP contribution in [0.3, 0.4) is 0 Å². The smallest absolute Gasteiger partial charge is 0.146 e. The fourth-order valence-electron chi connectivity index (χ4n) is 3.49. The molecule has 0 aromatic carbocycles. The monoisotopic (exact) mass is 256 g/mol. The molecule has 1 heterocycles. The van der Waals surface area contributed by atoms with Crippen molar-refractivity contribution in [2.24, 2.45) is 10.9 Å². The molecule has 4 heteroatoms. The van der Waals surface area contributed by atoms with Crippen LogP contribution in [0.2, 0.25) is 0 Å². The predicted octanol–water partition coefficient (Wildman–Crippen LogP) is 2.04. The summed E-state index contributed by atoms with van der Waals surface area (Å²) in [4.78, 5) is 6.42. The van der Waals surface area contributed by atoms with Gasteiger partial charge in [0.15, 0.2) is 0 Å². The van der Waals surface area contributed by atoms with E-state index in [0.29, 0.717) is 24.9 Å². The van der Waals surface area contributed by atoms with E-state index < -0.39 is 5.67 Å². The van der Waals surface area contributed by atoms with Gasteiger partial charge >= 0.3 is 0 Å². The highest BCUT2D eigenvalue weighted by atomic mass is 19.1. The Kier molecular flexibility index (Phi) is 4.73. The lowest BCUT2D eigenvalue weighted by atomic mass is 9.82. The highest BCUT2D eigenvalue weighted by Crippen LogP contribution is 2.33. The summed E-state index contributed by atoms with van der Waals surface area (Å²) in [7, 11) is 1.81. The molecule has 1 saturated carbocycles. The zero-order chi connectivity index (χ0) is 13.0. The van der Waals surface area contributed by atoms with Crippen LogP contribution >= 0.6 is 0 Å². The second-order valence-electron chi connectivity index (χ2n) is 5.81. The molecule has 0 spiro atoms. The van der Waals surface area contributed by atoms with Crippen LogP contribution in [0.15, 0.2) is 4.99 Å².